The second-order valence-electron chi connectivity index (χ2n) is 6.66. The molecule has 1 aromatic heterocycles. The number of likely N-dealkylation sites (N-methyl/N-ethyl adjacent to an activating group) is 2. The van der Waals surface area contributed by atoms with Crippen LogP contribution < -0.4 is 4.90 Å². The molecule has 0 aliphatic carbocycles. The number of nitrogens with zero attached hydrogens (tertiary/aromatic N) is 4. The number of ether oxygens (including phenoxy) is 1. The Morgan fingerprint density at radius 2 is 2.19 bits per heavy atom. The van der Waals surface area contributed by atoms with Crippen molar-refractivity contribution in [2.75, 3.05) is 25.1 Å². The standard InChI is InChI=1S/C19H23FN4O3/c1-5-24-16(25)11-27-18(17(24)13-9-21-22(3)10-13)19(26)23(4)15-7-6-12(2)8-14(15)20/h6-10,17-18H,5,11H2,1-4H3/t17-,18+/m1/s1. The van der Waals surface area contributed by atoms with Crippen LogP contribution >= 0.6 is 0 Å². The van der Waals surface area contributed by atoms with Crippen molar-refractivity contribution in [1.29, 1.82) is 0 Å². The molecule has 0 saturated carbocycles. The van der Waals surface area contributed by atoms with Gasteiger partial charge in [0, 0.05) is 32.4 Å². The number of rotatable bonds is 4. The Morgan fingerprint density at radius 3 is 2.78 bits per heavy atom. The van der Waals surface area contributed by atoms with Crippen LogP contribution in [0.1, 0.15) is 24.1 Å². The number of benzene rings is 1. The average Bonchev–Trinajstić information content (AvgIpc) is 3.06. The Kier molecular flexibility index (Phi) is 5.27. The van der Waals surface area contributed by atoms with E-state index in [9.17, 15) is 14.0 Å². The highest BCUT2D eigenvalue weighted by Crippen LogP contribution is 2.32. The Bertz CT molecular complexity index is 866. The van der Waals surface area contributed by atoms with E-state index >= 15 is 0 Å². The van der Waals surface area contributed by atoms with Gasteiger partial charge >= 0.3 is 0 Å². The monoisotopic (exact) mass is 374 g/mol. The summed E-state index contributed by atoms with van der Waals surface area (Å²) in [6.45, 7) is 3.86. The van der Waals surface area contributed by atoms with Crippen LogP contribution in [0.25, 0.3) is 0 Å². The third-order valence-electron chi connectivity index (χ3n) is 4.77. The smallest absolute Gasteiger partial charge is 0.258 e. The van der Waals surface area contributed by atoms with Crippen LogP contribution in [-0.2, 0) is 21.4 Å². The molecule has 2 heterocycles. The predicted octanol–water partition coefficient (Wildman–Crippen LogP) is 1.82. The summed E-state index contributed by atoms with van der Waals surface area (Å²) >= 11 is 0. The Balaban J connectivity index is 1.96. The van der Waals surface area contributed by atoms with Crippen molar-refractivity contribution in [1.82, 2.24) is 14.7 Å². The number of halogens is 1. The number of hydrogen-bond acceptors (Lipinski definition) is 4. The quantitative estimate of drug-likeness (QED) is 0.819. The van der Waals surface area contributed by atoms with Gasteiger partial charge in [0.2, 0.25) is 5.91 Å². The van der Waals surface area contributed by atoms with E-state index in [1.165, 1.54) is 18.0 Å². The van der Waals surface area contributed by atoms with E-state index in [4.69, 9.17) is 4.74 Å². The largest absolute Gasteiger partial charge is 0.356 e. The van der Waals surface area contributed by atoms with Gasteiger partial charge in [0.15, 0.2) is 6.10 Å². The fraction of sp³-hybridized carbons (Fsp3) is 0.421. The van der Waals surface area contributed by atoms with Crippen LogP contribution in [0.5, 0.6) is 0 Å². The van der Waals surface area contributed by atoms with Crippen molar-refractivity contribution in [3.8, 4) is 0 Å². The second-order valence-corrected chi connectivity index (χ2v) is 6.66. The zero-order valence-electron chi connectivity index (χ0n) is 15.8. The van der Waals surface area contributed by atoms with Crippen LogP contribution in [0.3, 0.4) is 0 Å². The number of carbonyl (C=O) groups is 2. The SMILES string of the molecule is CCN1C(=O)CO[C@H](C(=O)N(C)c2ccc(C)cc2F)[C@H]1c1cnn(C)c1. The van der Waals surface area contributed by atoms with Crippen LogP contribution in [-0.4, -0.2) is 52.8 Å². The first-order valence-corrected chi connectivity index (χ1v) is 8.76. The Hall–Kier alpha value is -2.74. The molecule has 27 heavy (non-hydrogen) atoms. The third-order valence-corrected chi connectivity index (χ3v) is 4.77. The molecule has 1 aliphatic heterocycles. The van der Waals surface area contributed by atoms with Crippen LogP contribution in [0.2, 0.25) is 0 Å². The first-order valence-electron chi connectivity index (χ1n) is 8.76. The molecule has 2 atom stereocenters. The highest BCUT2D eigenvalue weighted by molar-refractivity contribution is 5.98. The highest BCUT2D eigenvalue weighted by atomic mass is 19.1. The summed E-state index contributed by atoms with van der Waals surface area (Å²) < 4.78 is 21.6. The van der Waals surface area contributed by atoms with Gasteiger partial charge < -0.3 is 14.5 Å². The van der Waals surface area contributed by atoms with Gasteiger partial charge in [-0.15, -0.1) is 0 Å². The molecule has 3 rings (SSSR count). The summed E-state index contributed by atoms with van der Waals surface area (Å²) in [5.41, 5.74) is 1.63. The molecule has 0 spiro atoms. The van der Waals surface area contributed by atoms with Gasteiger partial charge in [-0.1, -0.05) is 6.07 Å². The summed E-state index contributed by atoms with van der Waals surface area (Å²) in [6.07, 6.45) is 2.42. The van der Waals surface area contributed by atoms with Crippen molar-refractivity contribution in [2.24, 2.45) is 7.05 Å². The van der Waals surface area contributed by atoms with Gasteiger partial charge in [-0.25, -0.2) is 4.39 Å². The van der Waals surface area contributed by atoms with Gasteiger partial charge in [0.05, 0.1) is 17.9 Å². The molecule has 1 saturated heterocycles. The van der Waals surface area contributed by atoms with Crippen LogP contribution in [0, 0.1) is 12.7 Å². The van der Waals surface area contributed by atoms with E-state index in [2.05, 4.69) is 5.10 Å². The fourth-order valence-corrected chi connectivity index (χ4v) is 3.37. The predicted molar refractivity (Wildman–Crippen MR) is 97.6 cm³/mol. The first-order chi connectivity index (χ1) is 12.8. The number of anilines is 1. The van der Waals surface area contributed by atoms with Gasteiger partial charge in [0.25, 0.3) is 5.91 Å². The van der Waals surface area contributed by atoms with E-state index in [0.717, 1.165) is 5.56 Å². The van der Waals surface area contributed by atoms with Gasteiger partial charge in [0.1, 0.15) is 12.4 Å². The van der Waals surface area contributed by atoms with Crippen molar-refractivity contribution in [3.05, 3.63) is 47.5 Å². The molecule has 2 amide bonds. The molecular formula is C19H23FN4O3. The van der Waals surface area contributed by atoms with Crippen molar-refractivity contribution in [3.63, 3.8) is 0 Å². The minimum absolute atomic E-state index is 0.166. The maximum Gasteiger partial charge on any atom is 0.258 e. The second kappa shape index (κ2) is 7.48. The topological polar surface area (TPSA) is 67.7 Å². The van der Waals surface area contributed by atoms with E-state index < -0.39 is 23.9 Å². The number of amides is 2. The number of hydrogen-bond donors (Lipinski definition) is 0. The summed E-state index contributed by atoms with van der Waals surface area (Å²) in [7, 11) is 3.27. The number of carbonyl (C=O) groups excluding carboxylic acids is 2. The molecular weight excluding hydrogens is 351 g/mol. The van der Waals surface area contributed by atoms with Crippen molar-refractivity contribution >= 4 is 17.5 Å². The molecule has 7 nitrogen and oxygen atoms in total. The molecule has 8 heteroatoms. The van der Waals surface area contributed by atoms with E-state index in [0.29, 0.717) is 12.1 Å². The van der Waals surface area contributed by atoms with Gasteiger partial charge in [-0.3, -0.25) is 14.3 Å². The Labute approximate surface area is 157 Å². The van der Waals surface area contributed by atoms with Crippen LogP contribution in [0.4, 0.5) is 10.1 Å². The lowest BCUT2D eigenvalue weighted by molar-refractivity contribution is -0.162. The van der Waals surface area contributed by atoms with E-state index in [-0.39, 0.29) is 18.2 Å². The minimum atomic E-state index is -0.947. The molecule has 1 fully saturated rings. The number of aromatic nitrogens is 2. The summed E-state index contributed by atoms with van der Waals surface area (Å²) in [5.74, 6) is -1.10. The lowest BCUT2D eigenvalue weighted by Crippen LogP contribution is -2.54. The lowest BCUT2D eigenvalue weighted by Gasteiger charge is -2.40. The fourth-order valence-electron chi connectivity index (χ4n) is 3.37. The maximum atomic E-state index is 14.3. The molecule has 0 unspecified atom stereocenters. The molecule has 0 N–H and O–H groups in total. The zero-order valence-corrected chi connectivity index (χ0v) is 15.8. The normalized spacial score (nSPS) is 20.0. The maximum absolute atomic E-state index is 14.3. The molecule has 1 aromatic carbocycles. The molecule has 0 bridgehead atoms. The molecule has 1 aliphatic rings. The minimum Gasteiger partial charge on any atom is -0.356 e. The molecule has 144 valence electrons. The lowest BCUT2D eigenvalue weighted by atomic mass is 9.99. The van der Waals surface area contributed by atoms with E-state index in [1.807, 2.05) is 6.92 Å². The third kappa shape index (κ3) is 3.57. The summed E-state index contributed by atoms with van der Waals surface area (Å²) in [5, 5.41) is 4.14. The summed E-state index contributed by atoms with van der Waals surface area (Å²) in [6, 6.07) is 4.06. The van der Waals surface area contributed by atoms with E-state index in [1.54, 1.807) is 48.1 Å². The number of morpholine rings is 1. The Morgan fingerprint density at radius 1 is 1.44 bits per heavy atom. The molecule has 0 radical (unpaired) electrons. The van der Waals surface area contributed by atoms with Crippen LogP contribution in [0.15, 0.2) is 30.6 Å². The highest BCUT2D eigenvalue weighted by Gasteiger charge is 2.43. The molecule has 2 aromatic rings. The van der Waals surface area contributed by atoms with Gasteiger partial charge in [-0.2, -0.15) is 5.10 Å². The van der Waals surface area contributed by atoms with Crippen molar-refractivity contribution < 1.29 is 18.7 Å². The first kappa shape index (κ1) is 19.0. The summed E-state index contributed by atoms with van der Waals surface area (Å²) in [4.78, 5) is 28.3. The van der Waals surface area contributed by atoms with Gasteiger partial charge in [-0.05, 0) is 31.5 Å². The average molecular weight is 374 g/mol. The zero-order chi connectivity index (χ0) is 19.7. The number of aryl methyl sites for hydroxylation is 2. The van der Waals surface area contributed by atoms with Crippen molar-refractivity contribution in [2.45, 2.75) is 26.0 Å².